The van der Waals surface area contributed by atoms with E-state index in [9.17, 15) is 5.11 Å². The fourth-order valence-corrected chi connectivity index (χ4v) is 1.70. The van der Waals surface area contributed by atoms with Crippen LogP contribution in [0.15, 0.2) is 35.2 Å². The molecule has 74 valence electrons. The average molecular weight is 257 g/mol. The molecular weight excluding hydrogens is 248 g/mol. The van der Waals surface area contributed by atoms with Crippen molar-refractivity contribution in [2.45, 2.75) is 12.7 Å². The molecule has 0 fully saturated rings. The van der Waals surface area contributed by atoms with E-state index in [2.05, 4.69) is 15.9 Å². The standard InChI is InChI=1S/C10H9BrO3/c1-10(13-4-5-14-10)8-6-7(11)2-3-9(8)12/h2-6,12H,1H3. The Morgan fingerprint density at radius 1 is 1.29 bits per heavy atom. The molecule has 0 aliphatic carbocycles. The minimum atomic E-state index is -0.923. The zero-order chi connectivity index (χ0) is 10.2. The van der Waals surface area contributed by atoms with E-state index in [1.165, 1.54) is 12.5 Å². The third-order valence-corrected chi connectivity index (χ3v) is 2.58. The molecule has 0 atom stereocenters. The summed E-state index contributed by atoms with van der Waals surface area (Å²) < 4.78 is 11.4. The summed E-state index contributed by atoms with van der Waals surface area (Å²) in [5, 5.41) is 9.65. The first-order chi connectivity index (χ1) is 6.62. The zero-order valence-electron chi connectivity index (χ0n) is 7.53. The molecule has 1 aliphatic rings. The molecule has 14 heavy (non-hydrogen) atoms. The smallest absolute Gasteiger partial charge is 0.277 e. The van der Waals surface area contributed by atoms with Crippen molar-refractivity contribution in [3.8, 4) is 5.75 Å². The van der Waals surface area contributed by atoms with Crippen LogP contribution in [0.2, 0.25) is 0 Å². The van der Waals surface area contributed by atoms with Crippen molar-refractivity contribution in [2.75, 3.05) is 0 Å². The molecule has 0 amide bonds. The number of hydrogen-bond acceptors (Lipinski definition) is 3. The van der Waals surface area contributed by atoms with E-state index in [0.29, 0.717) is 5.56 Å². The first-order valence-corrected chi connectivity index (χ1v) is 4.91. The summed E-state index contributed by atoms with van der Waals surface area (Å²) in [5.74, 6) is -0.771. The van der Waals surface area contributed by atoms with Gasteiger partial charge in [0.25, 0.3) is 5.79 Å². The van der Waals surface area contributed by atoms with Crippen LogP contribution in [0, 0.1) is 0 Å². The first kappa shape index (κ1) is 9.40. The Morgan fingerprint density at radius 3 is 2.57 bits per heavy atom. The van der Waals surface area contributed by atoms with Crippen LogP contribution in [0.1, 0.15) is 12.5 Å². The number of rotatable bonds is 1. The van der Waals surface area contributed by atoms with Gasteiger partial charge >= 0.3 is 0 Å². The molecule has 2 rings (SSSR count). The maximum Gasteiger partial charge on any atom is 0.277 e. The quantitative estimate of drug-likeness (QED) is 0.840. The fraction of sp³-hybridized carbons (Fsp3) is 0.200. The van der Waals surface area contributed by atoms with Gasteiger partial charge in [0.15, 0.2) is 0 Å². The van der Waals surface area contributed by atoms with Gasteiger partial charge in [-0.05, 0) is 18.2 Å². The van der Waals surface area contributed by atoms with Crippen LogP contribution in [-0.2, 0) is 15.3 Å². The van der Waals surface area contributed by atoms with Crippen LogP contribution in [0.3, 0.4) is 0 Å². The Bertz CT molecular complexity index is 379. The summed E-state index contributed by atoms with van der Waals surface area (Å²) in [4.78, 5) is 0. The Kier molecular flexibility index (Phi) is 2.15. The maximum atomic E-state index is 9.65. The van der Waals surface area contributed by atoms with Gasteiger partial charge in [-0.1, -0.05) is 15.9 Å². The van der Waals surface area contributed by atoms with Crippen LogP contribution in [0.4, 0.5) is 0 Å². The molecule has 0 aromatic heterocycles. The predicted molar refractivity (Wildman–Crippen MR) is 54.5 cm³/mol. The van der Waals surface area contributed by atoms with Gasteiger partial charge in [0, 0.05) is 11.4 Å². The fourth-order valence-electron chi connectivity index (χ4n) is 1.34. The van der Waals surface area contributed by atoms with E-state index >= 15 is 0 Å². The van der Waals surface area contributed by atoms with E-state index in [1.807, 2.05) is 0 Å². The Balaban J connectivity index is 2.45. The SMILES string of the molecule is CC1(c2cc(Br)ccc2O)OC=CO1. The summed E-state index contributed by atoms with van der Waals surface area (Å²) in [7, 11) is 0. The van der Waals surface area contributed by atoms with E-state index in [0.717, 1.165) is 4.47 Å². The second-order valence-corrected chi connectivity index (χ2v) is 4.03. The van der Waals surface area contributed by atoms with E-state index in [4.69, 9.17) is 9.47 Å². The minimum Gasteiger partial charge on any atom is -0.507 e. The third kappa shape index (κ3) is 1.46. The Hall–Kier alpha value is -1.16. The molecule has 0 radical (unpaired) electrons. The van der Waals surface area contributed by atoms with Crippen molar-refractivity contribution >= 4 is 15.9 Å². The van der Waals surface area contributed by atoms with Gasteiger partial charge in [-0.3, -0.25) is 0 Å². The molecule has 1 aromatic rings. The highest BCUT2D eigenvalue weighted by Gasteiger charge is 2.34. The number of phenolic OH excluding ortho intramolecular Hbond substituents is 1. The van der Waals surface area contributed by atoms with Crippen LogP contribution < -0.4 is 0 Å². The summed E-state index contributed by atoms with van der Waals surface area (Å²) in [6, 6.07) is 5.11. The molecule has 1 aliphatic heterocycles. The lowest BCUT2D eigenvalue weighted by Gasteiger charge is -2.24. The van der Waals surface area contributed by atoms with Crippen molar-refractivity contribution < 1.29 is 14.6 Å². The van der Waals surface area contributed by atoms with Gasteiger partial charge in [-0.25, -0.2) is 0 Å². The van der Waals surface area contributed by atoms with Gasteiger partial charge in [-0.2, -0.15) is 0 Å². The number of benzene rings is 1. The minimum absolute atomic E-state index is 0.152. The van der Waals surface area contributed by atoms with Gasteiger partial charge in [0.05, 0.1) is 5.56 Å². The monoisotopic (exact) mass is 256 g/mol. The molecular formula is C10H9BrO3. The van der Waals surface area contributed by atoms with Crippen LogP contribution in [0.25, 0.3) is 0 Å². The lowest BCUT2D eigenvalue weighted by Crippen LogP contribution is -2.22. The van der Waals surface area contributed by atoms with Crippen LogP contribution in [-0.4, -0.2) is 5.11 Å². The van der Waals surface area contributed by atoms with Crippen molar-refractivity contribution in [2.24, 2.45) is 0 Å². The number of hydrogen-bond donors (Lipinski definition) is 1. The molecule has 0 saturated carbocycles. The molecule has 0 unspecified atom stereocenters. The Morgan fingerprint density at radius 2 is 1.93 bits per heavy atom. The lowest BCUT2D eigenvalue weighted by molar-refractivity contribution is -0.134. The van der Waals surface area contributed by atoms with Gasteiger partial charge < -0.3 is 14.6 Å². The number of phenols is 1. The van der Waals surface area contributed by atoms with Gasteiger partial charge in [0.2, 0.25) is 0 Å². The molecule has 1 heterocycles. The van der Waals surface area contributed by atoms with Crippen LogP contribution in [0.5, 0.6) is 5.75 Å². The highest BCUT2D eigenvalue weighted by Crippen LogP contribution is 2.37. The molecule has 0 bridgehead atoms. The van der Waals surface area contributed by atoms with E-state index in [-0.39, 0.29) is 5.75 Å². The topological polar surface area (TPSA) is 38.7 Å². The van der Waals surface area contributed by atoms with Crippen molar-refractivity contribution in [1.82, 2.24) is 0 Å². The second-order valence-electron chi connectivity index (χ2n) is 3.12. The molecule has 3 nitrogen and oxygen atoms in total. The predicted octanol–water partition coefficient (Wildman–Crippen LogP) is 2.85. The summed E-state index contributed by atoms with van der Waals surface area (Å²) in [5.41, 5.74) is 0.594. The van der Waals surface area contributed by atoms with Crippen molar-refractivity contribution in [3.05, 3.63) is 40.8 Å². The highest BCUT2D eigenvalue weighted by atomic mass is 79.9. The molecule has 0 saturated heterocycles. The molecule has 1 aromatic carbocycles. The third-order valence-electron chi connectivity index (χ3n) is 2.09. The number of halogens is 1. The maximum absolute atomic E-state index is 9.65. The Labute approximate surface area is 90.1 Å². The number of aromatic hydroxyl groups is 1. The summed E-state index contributed by atoms with van der Waals surface area (Å²) in [6.07, 6.45) is 2.92. The lowest BCUT2D eigenvalue weighted by atomic mass is 10.1. The summed E-state index contributed by atoms with van der Waals surface area (Å²) >= 11 is 3.32. The molecule has 4 heteroatoms. The summed E-state index contributed by atoms with van der Waals surface area (Å²) in [6.45, 7) is 1.74. The zero-order valence-corrected chi connectivity index (χ0v) is 9.11. The molecule has 1 N–H and O–H groups in total. The average Bonchev–Trinajstić information content (AvgIpc) is 2.58. The first-order valence-electron chi connectivity index (χ1n) is 4.11. The number of ether oxygens (including phenoxy) is 2. The largest absolute Gasteiger partial charge is 0.507 e. The second kappa shape index (κ2) is 3.20. The van der Waals surface area contributed by atoms with Crippen molar-refractivity contribution in [3.63, 3.8) is 0 Å². The van der Waals surface area contributed by atoms with Gasteiger partial charge in [0.1, 0.15) is 18.3 Å². The van der Waals surface area contributed by atoms with Crippen molar-refractivity contribution in [1.29, 1.82) is 0 Å². The highest BCUT2D eigenvalue weighted by molar-refractivity contribution is 9.10. The van der Waals surface area contributed by atoms with Gasteiger partial charge in [-0.15, -0.1) is 0 Å². The van der Waals surface area contributed by atoms with E-state index in [1.54, 1.807) is 25.1 Å². The normalized spacial score (nSPS) is 17.6. The van der Waals surface area contributed by atoms with E-state index < -0.39 is 5.79 Å². The van der Waals surface area contributed by atoms with Crippen LogP contribution >= 0.6 is 15.9 Å². The molecule has 0 spiro atoms.